The van der Waals surface area contributed by atoms with Crippen molar-refractivity contribution in [2.45, 2.75) is 26.2 Å². The van der Waals surface area contributed by atoms with Gasteiger partial charge in [-0.1, -0.05) is 19.9 Å². The standard InChI is InChI=1S/C11H18N4O/c1-4-5-6-13-11(16)10-8(12)9(7(2)3)14-15-10/h4,7H,1,5-6,12H2,2-3H3,(H,13,16)(H,14,15). The average molecular weight is 222 g/mol. The number of nitrogens with one attached hydrogen (secondary N) is 2. The zero-order chi connectivity index (χ0) is 12.1. The van der Waals surface area contributed by atoms with Gasteiger partial charge in [-0.3, -0.25) is 9.89 Å². The van der Waals surface area contributed by atoms with Crippen LogP contribution < -0.4 is 11.1 Å². The number of amides is 1. The van der Waals surface area contributed by atoms with Crippen molar-refractivity contribution in [1.29, 1.82) is 0 Å². The minimum atomic E-state index is -0.248. The molecule has 88 valence electrons. The van der Waals surface area contributed by atoms with Crippen LogP contribution >= 0.6 is 0 Å². The van der Waals surface area contributed by atoms with E-state index in [1.54, 1.807) is 6.08 Å². The Balaban J connectivity index is 2.72. The Morgan fingerprint density at radius 2 is 2.38 bits per heavy atom. The van der Waals surface area contributed by atoms with Gasteiger partial charge in [-0.05, 0) is 12.3 Å². The summed E-state index contributed by atoms with van der Waals surface area (Å²) >= 11 is 0. The van der Waals surface area contributed by atoms with Gasteiger partial charge in [-0.2, -0.15) is 5.10 Å². The molecule has 0 atom stereocenters. The molecule has 16 heavy (non-hydrogen) atoms. The molecule has 0 unspecified atom stereocenters. The van der Waals surface area contributed by atoms with Gasteiger partial charge in [0, 0.05) is 6.54 Å². The molecule has 1 amide bonds. The van der Waals surface area contributed by atoms with E-state index in [1.165, 1.54) is 0 Å². The van der Waals surface area contributed by atoms with Crippen LogP contribution in [0.4, 0.5) is 5.69 Å². The summed E-state index contributed by atoms with van der Waals surface area (Å²) in [5, 5.41) is 9.44. The zero-order valence-corrected chi connectivity index (χ0v) is 9.71. The molecule has 1 rings (SSSR count). The first-order valence-electron chi connectivity index (χ1n) is 5.30. The predicted octanol–water partition coefficient (Wildman–Crippen LogP) is 1.42. The molecule has 0 radical (unpaired) electrons. The maximum atomic E-state index is 11.7. The Bertz CT molecular complexity index is 381. The van der Waals surface area contributed by atoms with Gasteiger partial charge >= 0.3 is 0 Å². The molecule has 1 heterocycles. The smallest absolute Gasteiger partial charge is 0.273 e. The Kier molecular flexibility index (Phi) is 4.10. The highest BCUT2D eigenvalue weighted by molar-refractivity contribution is 5.97. The van der Waals surface area contributed by atoms with E-state index < -0.39 is 0 Å². The lowest BCUT2D eigenvalue weighted by Gasteiger charge is -2.03. The fourth-order valence-electron chi connectivity index (χ4n) is 1.35. The molecular formula is C11H18N4O. The maximum Gasteiger partial charge on any atom is 0.273 e. The van der Waals surface area contributed by atoms with E-state index in [4.69, 9.17) is 5.73 Å². The summed E-state index contributed by atoms with van der Waals surface area (Å²) in [6.07, 6.45) is 2.47. The first-order valence-corrected chi connectivity index (χ1v) is 5.30. The van der Waals surface area contributed by atoms with Crippen LogP contribution in [0.5, 0.6) is 0 Å². The Morgan fingerprint density at radius 3 is 2.88 bits per heavy atom. The number of aromatic nitrogens is 2. The molecule has 1 aromatic rings. The minimum Gasteiger partial charge on any atom is -0.395 e. The van der Waals surface area contributed by atoms with Crippen LogP contribution in [0.15, 0.2) is 12.7 Å². The van der Waals surface area contributed by atoms with E-state index >= 15 is 0 Å². The molecule has 0 saturated heterocycles. The molecule has 0 aliphatic rings. The topological polar surface area (TPSA) is 83.8 Å². The number of nitrogens with two attached hydrogens (primary N) is 1. The van der Waals surface area contributed by atoms with Gasteiger partial charge < -0.3 is 11.1 Å². The van der Waals surface area contributed by atoms with E-state index in [0.717, 1.165) is 12.1 Å². The summed E-state index contributed by atoms with van der Waals surface area (Å²) in [4.78, 5) is 11.7. The molecule has 5 nitrogen and oxygen atoms in total. The molecule has 0 fully saturated rings. The third-order valence-corrected chi connectivity index (χ3v) is 2.26. The summed E-state index contributed by atoms with van der Waals surface area (Å²) in [5.41, 5.74) is 7.34. The summed E-state index contributed by atoms with van der Waals surface area (Å²) in [7, 11) is 0. The number of rotatable bonds is 5. The third kappa shape index (κ3) is 2.62. The second kappa shape index (κ2) is 5.34. The number of carbonyl (C=O) groups excluding carboxylic acids is 1. The number of nitrogen functional groups attached to an aromatic ring is 1. The van der Waals surface area contributed by atoms with E-state index in [-0.39, 0.29) is 17.5 Å². The van der Waals surface area contributed by atoms with Crippen molar-refractivity contribution >= 4 is 11.6 Å². The third-order valence-electron chi connectivity index (χ3n) is 2.26. The molecule has 0 saturated carbocycles. The van der Waals surface area contributed by atoms with Crippen molar-refractivity contribution in [2.24, 2.45) is 0 Å². The SMILES string of the molecule is C=CCCNC(=O)c1n[nH]c(C(C)C)c1N. The Hall–Kier alpha value is -1.78. The van der Waals surface area contributed by atoms with Crippen LogP contribution in [0.3, 0.4) is 0 Å². The van der Waals surface area contributed by atoms with Gasteiger partial charge in [-0.15, -0.1) is 6.58 Å². The maximum absolute atomic E-state index is 11.7. The molecule has 0 bridgehead atoms. The highest BCUT2D eigenvalue weighted by atomic mass is 16.1. The normalized spacial score (nSPS) is 10.4. The molecular weight excluding hydrogens is 204 g/mol. The van der Waals surface area contributed by atoms with Crippen LogP contribution in [0, 0.1) is 0 Å². The lowest BCUT2D eigenvalue weighted by Crippen LogP contribution is -2.25. The number of carbonyl (C=O) groups is 1. The summed E-state index contributed by atoms with van der Waals surface area (Å²) in [6, 6.07) is 0. The second-order valence-corrected chi connectivity index (χ2v) is 3.89. The lowest BCUT2D eigenvalue weighted by molar-refractivity contribution is 0.0950. The second-order valence-electron chi connectivity index (χ2n) is 3.89. The summed E-state index contributed by atoms with van der Waals surface area (Å²) in [5.74, 6) is -0.0234. The van der Waals surface area contributed by atoms with Crippen LogP contribution in [0.1, 0.15) is 42.4 Å². The van der Waals surface area contributed by atoms with Gasteiger partial charge in [0.1, 0.15) is 0 Å². The summed E-state index contributed by atoms with van der Waals surface area (Å²) < 4.78 is 0. The lowest BCUT2D eigenvalue weighted by atomic mass is 10.1. The Labute approximate surface area is 95.1 Å². The highest BCUT2D eigenvalue weighted by Crippen LogP contribution is 2.21. The molecule has 0 aliphatic carbocycles. The van der Waals surface area contributed by atoms with Crippen molar-refractivity contribution in [3.63, 3.8) is 0 Å². The minimum absolute atomic E-state index is 0.224. The highest BCUT2D eigenvalue weighted by Gasteiger charge is 2.18. The fraction of sp³-hybridized carbons (Fsp3) is 0.455. The predicted molar refractivity (Wildman–Crippen MR) is 64.2 cm³/mol. The van der Waals surface area contributed by atoms with E-state index in [2.05, 4.69) is 22.1 Å². The van der Waals surface area contributed by atoms with Crippen LogP contribution in [-0.4, -0.2) is 22.6 Å². The van der Waals surface area contributed by atoms with Crippen molar-refractivity contribution < 1.29 is 4.79 Å². The summed E-state index contributed by atoms with van der Waals surface area (Å²) in [6.45, 7) is 8.10. The monoisotopic (exact) mass is 222 g/mol. The van der Waals surface area contributed by atoms with Crippen molar-refractivity contribution in [2.75, 3.05) is 12.3 Å². The van der Waals surface area contributed by atoms with Crippen LogP contribution in [0.25, 0.3) is 0 Å². The van der Waals surface area contributed by atoms with Crippen molar-refractivity contribution in [3.8, 4) is 0 Å². The van der Waals surface area contributed by atoms with E-state index in [0.29, 0.717) is 12.2 Å². The van der Waals surface area contributed by atoms with E-state index in [1.807, 2.05) is 13.8 Å². The largest absolute Gasteiger partial charge is 0.395 e. The van der Waals surface area contributed by atoms with Crippen molar-refractivity contribution in [3.05, 3.63) is 24.0 Å². The molecule has 0 aliphatic heterocycles. The van der Waals surface area contributed by atoms with E-state index in [9.17, 15) is 4.79 Å². The quantitative estimate of drug-likeness (QED) is 0.520. The first-order chi connectivity index (χ1) is 7.57. The zero-order valence-electron chi connectivity index (χ0n) is 9.71. The Morgan fingerprint density at radius 1 is 1.69 bits per heavy atom. The number of hydrogen-bond acceptors (Lipinski definition) is 3. The van der Waals surface area contributed by atoms with Gasteiger partial charge in [0.2, 0.25) is 0 Å². The van der Waals surface area contributed by atoms with Gasteiger partial charge in [0.25, 0.3) is 5.91 Å². The molecule has 1 aromatic heterocycles. The van der Waals surface area contributed by atoms with Crippen LogP contribution in [-0.2, 0) is 0 Å². The number of aromatic amines is 1. The van der Waals surface area contributed by atoms with Gasteiger partial charge in [0.05, 0.1) is 11.4 Å². The van der Waals surface area contributed by atoms with Gasteiger partial charge in [-0.25, -0.2) is 0 Å². The van der Waals surface area contributed by atoms with Gasteiger partial charge in [0.15, 0.2) is 5.69 Å². The number of hydrogen-bond donors (Lipinski definition) is 3. The molecule has 4 N–H and O–H groups in total. The number of H-pyrrole nitrogens is 1. The number of anilines is 1. The number of nitrogens with zero attached hydrogens (tertiary/aromatic N) is 1. The average Bonchev–Trinajstić information content (AvgIpc) is 2.60. The first kappa shape index (κ1) is 12.3. The molecule has 5 heteroatoms. The fourth-order valence-corrected chi connectivity index (χ4v) is 1.35. The molecule has 0 aromatic carbocycles. The van der Waals surface area contributed by atoms with Crippen LogP contribution in [0.2, 0.25) is 0 Å². The molecule has 0 spiro atoms. The van der Waals surface area contributed by atoms with Crippen molar-refractivity contribution in [1.82, 2.24) is 15.5 Å².